The minimum atomic E-state index is 0.742. The Balaban J connectivity index is 1.96. The van der Waals surface area contributed by atoms with E-state index in [0.717, 1.165) is 12.3 Å². The van der Waals surface area contributed by atoms with Gasteiger partial charge < -0.3 is 0 Å². The predicted octanol–water partition coefficient (Wildman–Crippen LogP) is 4.93. The van der Waals surface area contributed by atoms with E-state index in [1.807, 2.05) is 6.08 Å². The molecule has 0 radical (unpaired) electrons. The number of hydrogen-bond acceptors (Lipinski definition) is 0. The minimum Gasteiger partial charge on any atom is -0.103 e. The average Bonchev–Trinajstić information content (AvgIpc) is 2.35. The zero-order valence-electron chi connectivity index (χ0n) is 9.86. The zero-order valence-corrected chi connectivity index (χ0v) is 9.86. The number of benzene rings is 1. The Morgan fingerprint density at radius 3 is 3.00 bits per heavy atom. The van der Waals surface area contributed by atoms with Crippen LogP contribution in [0.3, 0.4) is 0 Å². The van der Waals surface area contributed by atoms with E-state index in [-0.39, 0.29) is 0 Å². The number of allylic oxidation sites excluding steroid dienone is 2. The first-order valence-electron chi connectivity index (χ1n) is 6.28. The topological polar surface area (TPSA) is 0 Å². The van der Waals surface area contributed by atoms with Crippen LogP contribution in [0.4, 0.5) is 0 Å². The van der Waals surface area contributed by atoms with Crippen molar-refractivity contribution in [2.75, 3.05) is 0 Å². The molecule has 0 heterocycles. The molecule has 0 aliphatic heterocycles. The van der Waals surface area contributed by atoms with Crippen LogP contribution in [0.5, 0.6) is 0 Å². The predicted molar refractivity (Wildman–Crippen MR) is 71.5 cm³/mol. The Hall–Kier alpha value is -1.30. The van der Waals surface area contributed by atoms with Crippen LogP contribution in [0, 0.1) is 0 Å². The zero-order chi connectivity index (χ0) is 11.2. The van der Waals surface area contributed by atoms with Gasteiger partial charge in [-0.3, -0.25) is 0 Å². The lowest BCUT2D eigenvalue weighted by atomic mass is 9.84. The molecule has 16 heavy (non-hydrogen) atoms. The molecule has 1 aliphatic rings. The Bertz CT molecular complexity index is 373. The number of rotatable bonds is 5. The van der Waals surface area contributed by atoms with Crippen molar-refractivity contribution in [3.8, 4) is 0 Å². The average molecular weight is 212 g/mol. The first kappa shape index (κ1) is 11.2. The number of unbranched alkanes of at least 4 members (excludes halogenated alkanes) is 2. The molecule has 0 amide bonds. The van der Waals surface area contributed by atoms with E-state index in [4.69, 9.17) is 0 Å². The summed E-state index contributed by atoms with van der Waals surface area (Å²) in [5.41, 5.74) is 2.96. The third kappa shape index (κ3) is 2.63. The van der Waals surface area contributed by atoms with Crippen molar-refractivity contribution < 1.29 is 0 Å². The van der Waals surface area contributed by atoms with Gasteiger partial charge in [0.05, 0.1) is 0 Å². The normalized spacial score (nSPS) is 18.1. The minimum absolute atomic E-state index is 0.742. The van der Waals surface area contributed by atoms with Crippen molar-refractivity contribution in [3.63, 3.8) is 0 Å². The lowest BCUT2D eigenvalue weighted by molar-refractivity contribution is 0.575. The van der Waals surface area contributed by atoms with E-state index in [1.165, 1.54) is 31.2 Å². The van der Waals surface area contributed by atoms with E-state index in [2.05, 4.69) is 43.0 Å². The summed E-state index contributed by atoms with van der Waals surface area (Å²) < 4.78 is 0. The fourth-order valence-electron chi connectivity index (χ4n) is 2.47. The summed E-state index contributed by atoms with van der Waals surface area (Å²) >= 11 is 0. The van der Waals surface area contributed by atoms with Crippen LogP contribution in [0.15, 0.2) is 43.0 Å². The Morgan fingerprint density at radius 1 is 1.25 bits per heavy atom. The van der Waals surface area contributed by atoms with Crippen LogP contribution in [0.25, 0.3) is 6.08 Å². The van der Waals surface area contributed by atoms with E-state index in [0.29, 0.717) is 0 Å². The van der Waals surface area contributed by atoms with Crippen LogP contribution >= 0.6 is 0 Å². The molecule has 0 N–H and O–H groups in total. The van der Waals surface area contributed by atoms with Gasteiger partial charge in [-0.15, -0.1) is 6.58 Å². The molecule has 84 valence electrons. The van der Waals surface area contributed by atoms with Gasteiger partial charge >= 0.3 is 0 Å². The molecule has 0 spiro atoms. The van der Waals surface area contributed by atoms with Crippen molar-refractivity contribution in [1.82, 2.24) is 0 Å². The number of fused-ring (bicyclic) bond motifs is 1. The monoisotopic (exact) mass is 212 g/mol. The van der Waals surface area contributed by atoms with Crippen LogP contribution < -0.4 is 0 Å². The summed E-state index contributed by atoms with van der Waals surface area (Å²) in [4.78, 5) is 0. The molecule has 1 atom stereocenters. The largest absolute Gasteiger partial charge is 0.103 e. The van der Waals surface area contributed by atoms with Crippen LogP contribution in [0.2, 0.25) is 0 Å². The van der Waals surface area contributed by atoms with Crippen LogP contribution in [-0.2, 0) is 0 Å². The van der Waals surface area contributed by atoms with E-state index in [9.17, 15) is 0 Å². The fraction of sp³-hybridized carbons (Fsp3) is 0.375. The molecular weight excluding hydrogens is 192 g/mol. The van der Waals surface area contributed by atoms with E-state index >= 15 is 0 Å². The molecule has 0 fully saturated rings. The number of hydrogen-bond donors (Lipinski definition) is 0. The van der Waals surface area contributed by atoms with Gasteiger partial charge in [-0.25, -0.2) is 0 Å². The third-order valence-electron chi connectivity index (χ3n) is 3.36. The smallest absolute Gasteiger partial charge is 0.0121 e. The molecule has 0 saturated carbocycles. The second-order valence-electron chi connectivity index (χ2n) is 4.54. The van der Waals surface area contributed by atoms with Gasteiger partial charge in [0.15, 0.2) is 0 Å². The molecule has 0 heteroatoms. The van der Waals surface area contributed by atoms with Crippen molar-refractivity contribution in [3.05, 3.63) is 54.1 Å². The summed E-state index contributed by atoms with van der Waals surface area (Å²) in [6.07, 6.45) is 12.9. The van der Waals surface area contributed by atoms with Gasteiger partial charge in [-0.05, 0) is 42.7 Å². The Labute approximate surface area is 98.7 Å². The summed E-state index contributed by atoms with van der Waals surface area (Å²) in [5, 5.41) is 0. The highest BCUT2D eigenvalue weighted by molar-refractivity contribution is 5.57. The lowest BCUT2D eigenvalue weighted by Gasteiger charge is -2.21. The fourth-order valence-corrected chi connectivity index (χ4v) is 2.47. The van der Waals surface area contributed by atoms with E-state index < -0.39 is 0 Å². The summed E-state index contributed by atoms with van der Waals surface area (Å²) in [6, 6.07) is 8.80. The van der Waals surface area contributed by atoms with Gasteiger partial charge in [-0.1, -0.05) is 48.9 Å². The van der Waals surface area contributed by atoms with Crippen molar-refractivity contribution in [1.29, 1.82) is 0 Å². The summed E-state index contributed by atoms with van der Waals surface area (Å²) in [5.74, 6) is 0.742. The summed E-state index contributed by atoms with van der Waals surface area (Å²) in [7, 11) is 0. The molecule has 0 saturated heterocycles. The first-order valence-corrected chi connectivity index (χ1v) is 6.28. The Morgan fingerprint density at radius 2 is 2.12 bits per heavy atom. The van der Waals surface area contributed by atoms with Gasteiger partial charge in [-0.2, -0.15) is 0 Å². The van der Waals surface area contributed by atoms with Gasteiger partial charge in [0.25, 0.3) is 0 Å². The molecule has 2 rings (SSSR count). The maximum atomic E-state index is 3.77. The molecule has 1 aliphatic carbocycles. The van der Waals surface area contributed by atoms with Gasteiger partial charge in [0.1, 0.15) is 0 Å². The molecule has 1 aromatic carbocycles. The second-order valence-corrected chi connectivity index (χ2v) is 4.54. The molecule has 0 aromatic heterocycles. The highest BCUT2D eigenvalue weighted by Crippen LogP contribution is 2.33. The molecule has 0 bridgehead atoms. The molecule has 1 unspecified atom stereocenters. The Kier molecular flexibility index (Phi) is 3.98. The summed E-state index contributed by atoms with van der Waals surface area (Å²) in [6.45, 7) is 3.77. The van der Waals surface area contributed by atoms with Gasteiger partial charge in [0, 0.05) is 0 Å². The van der Waals surface area contributed by atoms with Crippen LogP contribution in [-0.4, -0.2) is 0 Å². The highest BCUT2D eigenvalue weighted by Gasteiger charge is 2.15. The molecule has 1 aromatic rings. The first-order chi connectivity index (χ1) is 7.92. The van der Waals surface area contributed by atoms with Crippen molar-refractivity contribution in [2.24, 2.45) is 0 Å². The van der Waals surface area contributed by atoms with Crippen molar-refractivity contribution in [2.45, 2.75) is 38.0 Å². The van der Waals surface area contributed by atoms with Crippen molar-refractivity contribution >= 4 is 6.08 Å². The highest BCUT2D eigenvalue weighted by atomic mass is 14.2. The van der Waals surface area contributed by atoms with E-state index in [1.54, 1.807) is 5.56 Å². The maximum Gasteiger partial charge on any atom is -0.0121 e. The maximum absolute atomic E-state index is 3.77. The second kappa shape index (κ2) is 5.69. The van der Waals surface area contributed by atoms with Gasteiger partial charge in [0.2, 0.25) is 0 Å². The lowest BCUT2D eigenvalue weighted by Crippen LogP contribution is -2.03. The molecular formula is C16H20. The van der Waals surface area contributed by atoms with Crippen LogP contribution in [0.1, 0.15) is 49.1 Å². The molecule has 0 nitrogen and oxygen atoms in total. The quantitative estimate of drug-likeness (QED) is 0.479. The SMILES string of the molecule is C=CCCCCC1CC=Cc2ccccc21. The standard InChI is InChI=1S/C16H20/c1-2-3-4-5-9-14-11-8-12-15-10-6-7-13-16(14)15/h2,6-8,10,12-14H,1,3-5,9,11H2. The third-order valence-corrected chi connectivity index (χ3v) is 3.36.